The van der Waals surface area contributed by atoms with Crippen LogP contribution in [0.1, 0.15) is 31.9 Å². The first kappa shape index (κ1) is 25.5. The average Bonchev–Trinajstić information content (AvgIpc) is 3.22. The summed E-state index contributed by atoms with van der Waals surface area (Å²) < 4.78 is 37.9. The lowest BCUT2D eigenvalue weighted by molar-refractivity contribution is -0.125. The molecule has 1 aliphatic rings. The van der Waals surface area contributed by atoms with E-state index in [0.717, 1.165) is 5.56 Å². The summed E-state index contributed by atoms with van der Waals surface area (Å²) in [5.74, 6) is 0.595. The lowest BCUT2D eigenvalue weighted by Crippen LogP contribution is -2.47. The van der Waals surface area contributed by atoms with Crippen LogP contribution in [-0.2, 0) is 32.6 Å². The van der Waals surface area contributed by atoms with E-state index in [4.69, 9.17) is 9.47 Å². The summed E-state index contributed by atoms with van der Waals surface area (Å²) in [5.41, 5.74) is 1.92. The molecule has 1 N–H and O–H groups in total. The maximum absolute atomic E-state index is 13.1. The van der Waals surface area contributed by atoms with Crippen molar-refractivity contribution in [3.05, 3.63) is 47.5 Å². The van der Waals surface area contributed by atoms with Crippen molar-refractivity contribution in [3.63, 3.8) is 0 Å². The minimum absolute atomic E-state index is 0.153. The molecule has 1 unspecified atom stereocenters. The van der Waals surface area contributed by atoms with Gasteiger partial charge in [0.05, 0.1) is 19.1 Å². The van der Waals surface area contributed by atoms with Crippen molar-refractivity contribution in [1.29, 1.82) is 0 Å². The molecular weight excluding hydrogens is 458 g/mol. The van der Waals surface area contributed by atoms with E-state index in [1.54, 1.807) is 58.4 Å². The molecule has 2 amide bonds. The van der Waals surface area contributed by atoms with Crippen LogP contribution in [0.4, 0.5) is 5.69 Å². The van der Waals surface area contributed by atoms with E-state index >= 15 is 0 Å². The number of sulfonamides is 1. The molecule has 0 bridgehead atoms. The van der Waals surface area contributed by atoms with Crippen LogP contribution >= 0.6 is 0 Å². The van der Waals surface area contributed by atoms with Gasteiger partial charge in [-0.15, -0.1) is 0 Å². The van der Waals surface area contributed by atoms with Gasteiger partial charge in [-0.2, -0.15) is 4.31 Å². The second kappa shape index (κ2) is 10.4. The Hall–Kier alpha value is -3.11. The third-order valence-corrected chi connectivity index (χ3v) is 8.01. The van der Waals surface area contributed by atoms with E-state index in [2.05, 4.69) is 5.32 Å². The molecule has 9 nitrogen and oxygen atoms in total. The van der Waals surface area contributed by atoms with Crippen LogP contribution in [0.5, 0.6) is 11.5 Å². The standard InChI is InChI=1S/C24H31N3O6S/c1-6-26(7-2)34(30,31)20-9-10-21-17(13-20)14-22(27(21)16(3)28)24(29)25-15-18-12-19(32-4)8-11-23(18)33-5/h8-13,22H,6-7,14-15H2,1-5H3,(H,25,29). The molecule has 0 radical (unpaired) electrons. The molecule has 184 valence electrons. The number of anilines is 1. The van der Waals surface area contributed by atoms with Gasteiger partial charge in [0, 0.05) is 44.2 Å². The Bertz CT molecular complexity index is 1180. The van der Waals surface area contributed by atoms with Crippen molar-refractivity contribution in [2.75, 3.05) is 32.2 Å². The molecule has 3 rings (SSSR count). The van der Waals surface area contributed by atoms with Gasteiger partial charge in [-0.05, 0) is 42.0 Å². The first-order valence-electron chi connectivity index (χ1n) is 11.1. The second-order valence-corrected chi connectivity index (χ2v) is 9.82. The van der Waals surface area contributed by atoms with Crippen LogP contribution < -0.4 is 19.7 Å². The zero-order valence-electron chi connectivity index (χ0n) is 20.1. The summed E-state index contributed by atoms with van der Waals surface area (Å²) in [6.45, 7) is 5.84. The molecule has 1 aliphatic heterocycles. The molecule has 2 aromatic rings. The van der Waals surface area contributed by atoms with Gasteiger partial charge in [-0.1, -0.05) is 13.8 Å². The van der Waals surface area contributed by atoms with Gasteiger partial charge in [0.25, 0.3) is 0 Å². The summed E-state index contributed by atoms with van der Waals surface area (Å²) in [5, 5.41) is 2.87. The topological polar surface area (TPSA) is 105 Å². The number of nitrogens with one attached hydrogen (secondary N) is 1. The van der Waals surface area contributed by atoms with Crippen LogP contribution in [0.3, 0.4) is 0 Å². The third-order valence-electron chi connectivity index (χ3n) is 5.96. The number of hydrogen-bond acceptors (Lipinski definition) is 6. The molecule has 10 heteroatoms. The molecular formula is C24H31N3O6S. The zero-order chi connectivity index (χ0) is 25.0. The fourth-order valence-corrected chi connectivity index (χ4v) is 5.73. The lowest BCUT2D eigenvalue weighted by atomic mass is 10.1. The van der Waals surface area contributed by atoms with E-state index in [0.29, 0.717) is 35.8 Å². The highest BCUT2D eigenvalue weighted by Crippen LogP contribution is 2.35. The Morgan fingerprint density at radius 3 is 2.38 bits per heavy atom. The molecule has 0 aromatic heterocycles. The average molecular weight is 490 g/mol. The van der Waals surface area contributed by atoms with Crippen LogP contribution in [0.25, 0.3) is 0 Å². The molecule has 1 atom stereocenters. The maximum atomic E-state index is 13.1. The number of rotatable bonds is 9. The van der Waals surface area contributed by atoms with Gasteiger partial charge < -0.3 is 14.8 Å². The Kier molecular flexibility index (Phi) is 7.83. The Balaban J connectivity index is 1.85. The van der Waals surface area contributed by atoms with Crippen molar-refractivity contribution in [1.82, 2.24) is 9.62 Å². The zero-order valence-corrected chi connectivity index (χ0v) is 20.9. The lowest BCUT2D eigenvalue weighted by Gasteiger charge is -2.24. The highest BCUT2D eigenvalue weighted by atomic mass is 32.2. The number of carbonyl (C=O) groups is 2. The van der Waals surface area contributed by atoms with E-state index in [1.165, 1.54) is 22.2 Å². The van der Waals surface area contributed by atoms with Crippen molar-refractivity contribution in [3.8, 4) is 11.5 Å². The van der Waals surface area contributed by atoms with Gasteiger partial charge in [0.15, 0.2) is 0 Å². The van der Waals surface area contributed by atoms with Crippen LogP contribution in [0.2, 0.25) is 0 Å². The first-order chi connectivity index (χ1) is 16.2. The molecule has 0 fully saturated rings. The largest absolute Gasteiger partial charge is 0.497 e. The van der Waals surface area contributed by atoms with Gasteiger partial charge >= 0.3 is 0 Å². The number of benzene rings is 2. The van der Waals surface area contributed by atoms with Gasteiger partial charge in [0.2, 0.25) is 21.8 Å². The SMILES string of the molecule is CCN(CC)S(=O)(=O)c1ccc2c(c1)CC(C(=O)NCc1cc(OC)ccc1OC)N2C(C)=O. The minimum Gasteiger partial charge on any atom is -0.497 e. The predicted molar refractivity (Wildman–Crippen MR) is 129 cm³/mol. The number of fused-ring (bicyclic) bond motifs is 1. The summed E-state index contributed by atoms with van der Waals surface area (Å²) in [4.78, 5) is 27.2. The molecule has 1 heterocycles. The smallest absolute Gasteiger partial charge is 0.243 e. The summed E-state index contributed by atoms with van der Waals surface area (Å²) in [6.07, 6.45) is 0.220. The minimum atomic E-state index is -3.66. The number of nitrogens with zero attached hydrogens (tertiary/aromatic N) is 2. The highest BCUT2D eigenvalue weighted by molar-refractivity contribution is 7.89. The van der Waals surface area contributed by atoms with Crippen molar-refractivity contribution in [2.45, 2.75) is 44.7 Å². The Morgan fingerprint density at radius 1 is 1.09 bits per heavy atom. The van der Waals surface area contributed by atoms with Crippen molar-refractivity contribution < 1.29 is 27.5 Å². The monoisotopic (exact) mass is 489 g/mol. The Morgan fingerprint density at radius 2 is 1.79 bits per heavy atom. The summed E-state index contributed by atoms with van der Waals surface area (Å²) in [7, 11) is -0.557. The molecule has 0 aliphatic carbocycles. The number of carbonyl (C=O) groups excluding carboxylic acids is 2. The molecule has 2 aromatic carbocycles. The fraction of sp³-hybridized carbons (Fsp3) is 0.417. The second-order valence-electron chi connectivity index (χ2n) is 7.88. The quantitative estimate of drug-likeness (QED) is 0.580. The molecule has 0 spiro atoms. The fourth-order valence-electron chi connectivity index (χ4n) is 4.22. The van der Waals surface area contributed by atoms with Crippen LogP contribution in [-0.4, -0.2) is 57.9 Å². The number of ether oxygens (including phenoxy) is 2. The molecule has 0 saturated carbocycles. The van der Waals surface area contributed by atoms with Crippen molar-refractivity contribution in [2.24, 2.45) is 0 Å². The third kappa shape index (κ3) is 4.88. The van der Waals surface area contributed by atoms with Crippen molar-refractivity contribution >= 4 is 27.5 Å². The normalized spacial score (nSPS) is 15.2. The molecule has 34 heavy (non-hydrogen) atoms. The first-order valence-corrected chi connectivity index (χ1v) is 12.5. The summed E-state index contributed by atoms with van der Waals surface area (Å²) in [6, 6.07) is 9.17. The van der Waals surface area contributed by atoms with Crippen LogP contribution in [0.15, 0.2) is 41.3 Å². The van der Waals surface area contributed by atoms with Crippen LogP contribution in [0, 0.1) is 0 Å². The van der Waals surface area contributed by atoms with E-state index in [1.807, 2.05) is 0 Å². The Labute approximate surface area is 200 Å². The van der Waals surface area contributed by atoms with E-state index in [9.17, 15) is 18.0 Å². The van der Waals surface area contributed by atoms with Gasteiger partial charge in [-0.3, -0.25) is 14.5 Å². The number of amides is 2. The van der Waals surface area contributed by atoms with E-state index < -0.39 is 16.1 Å². The number of methoxy groups -OCH3 is 2. The van der Waals surface area contributed by atoms with Gasteiger partial charge in [0.1, 0.15) is 17.5 Å². The maximum Gasteiger partial charge on any atom is 0.243 e. The highest BCUT2D eigenvalue weighted by Gasteiger charge is 2.38. The molecule has 0 saturated heterocycles. The predicted octanol–water partition coefficient (Wildman–Crippen LogP) is 2.33. The summed E-state index contributed by atoms with van der Waals surface area (Å²) >= 11 is 0. The van der Waals surface area contributed by atoms with Gasteiger partial charge in [-0.25, -0.2) is 8.42 Å². The van der Waals surface area contributed by atoms with E-state index in [-0.39, 0.29) is 29.7 Å². The number of hydrogen-bond donors (Lipinski definition) is 1.